The van der Waals surface area contributed by atoms with E-state index in [2.05, 4.69) is 36.3 Å². The third-order valence-electron chi connectivity index (χ3n) is 2.94. The predicted octanol–water partition coefficient (Wildman–Crippen LogP) is 3.90. The number of halogens is 2. The van der Waals surface area contributed by atoms with Crippen molar-refractivity contribution in [1.82, 2.24) is 0 Å². The van der Waals surface area contributed by atoms with E-state index in [0.717, 1.165) is 12.1 Å². The van der Waals surface area contributed by atoms with E-state index in [0.29, 0.717) is 24.8 Å². The molecule has 0 fully saturated rings. The fourth-order valence-electron chi connectivity index (χ4n) is 1.58. The normalized spacial score (nSPS) is 12.7. The van der Waals surface area contributed by atoms with Gasteiger partial charge in [-0.1, -0.05) is 26.0 Å². The van der Waals surface area contributed by atoms with Crippen molar-refractivity contribution in [3.63, 3.8) is 0 Å². The van der Waals surface area contributed by atoms with Crippen LogP contribution in [0.2, 0.25) is 0 Å². The van der Waals surface area contributed by atoms with Crippen molar-refractivity contribution in [2.75, 3.05) is 18.5 Å². The average Bonchev–Trinajstić information content (AvgIpc) is 2.39. The molecule has 0 saturated carbocycles. The van der Waals surface area contributed by atoms with Crippen LogP contribution in [-0.4, -0.2) is 19.2 Å². The Balaban J connectivity index is 0.00000324. The van der Waals surface area contributed by atoms with Gasteiger partial charge in [-0.05, 0) is 36.5 Å². The van der Waals surface area contributed by atoms with Crippen molar-refractivity contribution in [2.24, 2.45) is 10.7 Å². The topological polar surface area (TPSA) is 50.4 Å². The van der Waals surface area contributed by atoms with Gasteiger partial charge in [0.2, 0.25) is 0 Å². The Bertz CT molecular complexity index is 379. The van der Waals surface area contributed by atoms with Gasteiger partial charge in [0.25, 0.3) is 0 Å². The number of rotatable bonds is 6. The molecule has 3 nitrogen and oxygen atoms in total. The minimum absolute atomic E-state index is 0. The number of nitrogens with two attached hydrogens (primary N) is 1. The zero-order chi connectivity index (χ0) is 13.4. The van der Waals surface area contributed by atoms with Crippen molar-refractivity contribution in [3.8, 4) is 0 Å². The smallest absolute Gasteiger partial charge is 0.193 e. The predicted molar refractivity (Wildman–Crippen MR) is 91.3 cm³/mol. The second-order valence-corrected chi connectivity index (χ2v) is 4.37. The highest BCUT2D eigenvalue weighted by atomic mass is 127. The summed E-state index contributed by atoms with van der Waals surface area (Å²) in [6, 6.07) is 8.15. The van der Waals surface area contributed by atoms with Crippen LogP contribution in [0.1, 0.15) is 38.2 Å². The van der Waals surface area contributed by atoms with E-state index < -0.39 is 0 Å². The van der Waals surface area contributed by atoms with Gasteiger partial charge in [-0.25, -0.2) is 0 Å². The lowest BCUT2D eigenvalue weighted by Gasteiger charge is -2.10. The molecular formula is C14H23FIN3. The van der Waals surface area contributed by atoms with Gasteiger partial charge in [-0.2, -0.15) is 0 Å². The maximum atomic E-state index is 11.9. The highest BCUT2D eigenvalue weighted by molar-refractivity contribution is 14.0. The van der Waals surface area contributed by atoms with Crippen LogP contribution in [0.5, 0.6) is 0 Å². The molecule has 3 N–H and O–H groups in total. The van der Waals surface area contributed by atoms with E-state index in [1.54, 1.807) is 0 Å². The number of nitrogens with one attached hydrogen (secondary N) is 1. The zero-order valence-electron chi connectivity index (χ0n) is 11.5. The summed E-state index contributed by atoms with van der Waals surface area (Å²) in [5, 5.41) is 2.99. The molecule has 0 saturated heterocycles. The molecule has 0 aliphatic carbocycles. The molecule has 0 aliphatic heterocycles. The average molecular weight is 379 g/mol. The summed E-state index contributed by atoms with van der Waals surface area (Å²) >= 11 is 0. The molecule has 1 atom stereocenters. The Morgan fingerprint density at radius 2 is 2.00 bits per heavy atom. The highest BCUT2D eigenvalue weighted by Crippen LogP contribution is 2.20. The van der Waals surface area contributed by atoms with Crippen LogP contribution in [-0.2, 0) is 0 Å². The minimum atomic E-state index is -0.361. The van der Waals surface area contributed by atoms with Gasteiger partial charge < -0.3 is 11.1 Å². The molecule has 1 aromatic carbocycles. The molecule has 1 aromatic rings. The summed E-state index contributed by atoms with van der Waals surface area (Å²) in [5.41, 5.74) is 7.91. The molecule has 0 bridgehead atoms. The Labute approximate surface area is 131 Å². The monoisotopic (exact) mass is 379 g/mol. The van der Waals surface area contributed by atoms with E-state index in [1.807, 2.05) is 12.1 Å². The first-order valence-corrected chi connectivity index (χ1v) is 6.40. The number of hydrogen-bond acceptors (Lipinski definition) is 1. The number of nitrogens with zero attached hydrogens (tertiary/aromatic N) is 1. The number of alkyl halides is 1. The first kappa shape index (κ1) is 18.1. The molecule has 108 valence electrons. The Morgan fingerprint density at radius 1 is 1.37 bits per heavy atom. The van der Waals surface area contributed by atoms with Crippen LogP contribution in [0.15, 0.2) is 29.3 Å². The van der Waals surface area contributed by atoms with Crippen molar-refractivity contribution in [3.05, 3.63) is 29.8 Å². The molecule has 0 radical (unpaired) electrons. The first-order chi connectivity index (χ1) is 8.67. The lowest BCUT2D eigenvalue weighted by Crippen LogP contribution is -2.22. The lowest BCUT2D eigenvalue weighted by molar-refractivity contribution is 0.477. The van der Waals surface area contributed by atoms with E-state index in [9.17, 15) is 4.39 Å². The lowest BCUT2D eigenvalue weighted by atomic mass is 9.99. The second kappa shape index (κ2) is 10.00. The van der Waals surface area contributed by atoms with E-state index >= 15 is 0 Å². The molecule has 0 aliphatic rings. The van der Waals surface area contributed by atoms with Gasteiger partial charge in [-0.15, -0.1) is 24.0 Å². The van der Waals surface area contributed by atoms with E-state index in [4.69, 9.17) is 5.73 Å². The summed E-state index contributed by atoms with van der Waals surface area (Å²) in [6.07, 6.45) is 1.54. The number of benzene rings is 1. The van der Waals surface area contributed by atoms with E-state index in [1.165, 1.54) is 5.56 Å². The Kier molecular flexibility index (Phi) is 9.55. The standard InChI is InChI=1S/C14H22FN3.HI/c1-3-11(2)12-5-7-13(8-6-12)18-14(16)17-10-4-9-15;/h5-8,11H,3-4,9-10H2,1-2H3,(H3,16,17,18);1H. The molecule has 0 amide bonds. The highest BCUT2D eigenvalue weighted by Gasteiger charge is 2.02. The van der Waals surface area contributed by atoms with Crippen LogP contribution in [0, 0.1) is 0 Å². The van der Waals surface area contributed by atoms with E-state index in [-0.39, 0.29) is 30.7 Å². The van der Waals surface area contributed by atoms with Crippen LogP contribution >= 0.6 is 24.0 Å². The number of hydrogen-bond donors (Lipinski definition) is 2. The quantitative estimate of drug-likeness (QED) is 0.341. The van der Waals surface area contributed by atoms with Crippen molar-refractivity contribution in [2.45, 2.75) is 32.6 Å². The van der Waals surface area contributed by atoms with Crippen LogP contribution in [0.4, 0.5) is 10.1 Å². The van der Waals surface area contributed by atoms with Crippen LogP contribution in [0.25, 0.3) is 0 Å². The molecular weight excluding hydrogens is 356 g/mol. The summed E-state index contributed by atoms with van der Waals surface area (Å²) in [7, 11) is 0. The van der Waals surface area contributed by atoms with Crippen molar-refractivity contribution >= 4 is 35.6 Å². The number of aliphatic imine (C=N–C) groups is 1. The third-order valence-corrected chi connectivity index (χ3v) is 2.94. The minimum Gasteiger partial charge on any atom is -0.370 e. The number of guanidine groups is 1. The third kappa shape index (κ3) is 6.75. The zero-order valence-corrected chi connectivity index (χ0v) is 13.9. The fourth-order valence-corrected chi connectivity index (χ4v) is 1.58. The molecule has 5 heteroatoms. The van der Waals surface area contributed by atoms with Gasteiger partial charge in [-0.3, -0.25) is 9.38 Å². The summed E-state index contributed by atoms with van der Waals surface area (Å²) < 4.78 is 11.9. The van der Waals surface area contributed by atoms with Crippen LogP contribution in [0.3, 0.4) is 0 Å². The van der Waals surface area contributed by atoms with Crippen LogP contribution < -0.4 is 11.1 Å². The molecule has 1 rings (SSSR count). The van der Waals surface area contributed by atoms with Gasteiger partial charge in [0, 0.05) is 12.2 Å². The van der Waals surface area contributed by atoms with Gasteiger partial charge in [0.05, 0.1) is 6.67 Å². The van der Waals surface area contributed by atoms with Gasteiger partial charge in [0.15, 0.2) is 5.96 Å². The Hall–Kier alpha value is -0.850. The largest absolute Gasteiger partial charge is 0.370 e. The molecule has 0 spiro atoms. The second-order valence-electron chi connectivity index (χ2n) is 4.37. The Morgan fingerprint density at radius 3 is 2.53 bits per heavy atom. The van der Waals surface area contributed by atoms with Crippen molar-refractivity contribution in [1.29, 1.82) is 0 Å². The summed E-state index contributed by atoms with van der Waals surface area (Å²) in [4.78, 5) is 4.03. The van der Waals surface area contributed by atoms with Crippen molar-refractivity contribution < 1.29 is 4.39 Å². The summed E-state index contributed by atoms with van der Waals surface area (Å²) in [6.45, 7) is 4.43. The molecule has 19 heavy (non-hydrogen) atoms. The SMILES string of the molecule is CCC(C)c1ccc(NC(N)=NCCCF)cc1.I. The molecule has 0 aromatic heterocycles. The number of anilines is 1. The summed E-state index contributed by atoms with van der Waals surface area (Å²) in [5.74, 6) is 0.898. The first-order valence-electron chi connectivity index (χ1n) is 6.40. The van der Waals surface area contributed by atoms with Gasteiger partial charge in [0.1, 0.15) is 0 Å². The maximum absolute atomic E-state index is 11.9. The van der Waals surface area contributed by atoms with Gasteiger partial charge >= 0.3 is 0 Å². The molecule has 1 unspecified atom stereocenters. The maximum Gasteiger partial charge on any atom is 0.193 e. The molecule has 0 heterocycles. The fraction of sp³-hybridized carbons (Fsp3) is 0.500.